The summed E-state index contributed by atoms with van der Waals surface area (Å²) in [5.41, 5.74) is 0. The number of amides is 1. The van der Waals surface area contributed by atoms with Gasteiger partial charge in [-0.25, -0.2) is 4.79 Å². The highest BCUT2D eigenvalue weighted by Crippen LogP contribution is 2.22. The van der Waals surface area contributed by atoms with E-state index in [2.05, 4.69) is 20.8 Å². The van der Waals surface area contributed by atoms with Gasteiger partial charge in [-0.15, -0.1) is 0 Å². The molecule has 1 rings (SSSR count). The van der Waals surface area contributed by atoms with Crippen molar-refractivity contribution in [2.24, 2.45) is 11.8 Å². The van der Waals surface area contributed by atoms with Crippen LogP contribution in [-0.2, 0) is 4.74 Å². The van der Waals surface area contributed by atoms with E-state index in [1.54, 1.807) is 11.9 Å². The molecular formula is C9H17NO2. The Bertz CT molecular complexity index is 179. The van der Waals surface area contributed by atoms with Crippen LogP contribution < -0.4 is 0 Å². The summed E-state index contributed by atoms with van der Waals surface area (Å²) in [4.78, 5) is 12.8. The van der Waals surface area contributed by atoms with E-state index in [9.17, 15) is 4.79 Å². The molecule has 0 N–H and O–H groups in total. The minimum absolute atomic E-state index is 0.0914. The molecule has 0 spiro atoms. The molecule has 3 heteroatoms. The van der Waals surface area contributed by atoms with E-state index in [0.717, 1.165) is 6.54 Å². The number of hydrogen-bond donors (Lipinski definition) is 0. The minimum atomic E-state index is -0.188. The van der Waals surface area contributed by atoms with Crippen molar-refractivity contribution in [3.05, 3.63) is 0 Å². The number of ether oxygens (including phenoxy) is 1. The molecule has 0 aromatic carbocycles. The van der Waals surface area contributed by atoms with E-state index >= 15 is 0 Å². The fraction of sp³-hybridized carbons (Fsp3) is 0.889. The van der Waals surface area contributed by atoms with Gasteiger partial charge in [0.05, 0.1) is 0 Å². The minimum Gasteiger partial charge on any atom is -0.445 e. The zero-order chi connectivity index (χ0) is 9.30. The van der Waals surface area contributed by atoms with Gasteiger partial charge >= 0.3 is 6.09 Å². The molecule has 0 aromatic heterocycles. The van der Waals surface area contributed by atoms with Crippen molar-refractivity contribution in [1.29, 1.82) is 0 Å². The SMILES string of the molecule is CC(C)C1OC(=O)N(C)CC1C. The van der Waals surface area contributed by atoms with Gasteiger partial charge in [0.15, 0.2) is 0 Å². The zero-order valence-corrected chi connectivity index (χ0v) is 8.20. The van der Waals surface area contributed by atoms with Crippen LogP contribution in [0.2, 0.25) is 0 Å². The third-order valence-corrected chi connectivity index (χ3v) is 2.33. The second kappa shape index (κ2) is 3.33. The standard InChI is InChI=1S/C9H17NO2/c1-6(2)8-7(3)5-10(4)9(11)12-8/h6-8H,5H2,1-4H3. The summed E-state index contributed by atoms with van der Waals surface area (Å²) < 4.78 is 5.26. The third kappa shape index (κ3) is 1.71. The molecule has 2 atom stereocenters. The number of carbonyl (C=O) groups is 1. The molecule has 1 aliphatic heterocycles. The van der Waals surface area contributed by atoms with E-state index in [4.69, 9.17) is 4.74 Å². The molecule has 1 aliphatic rings. The molecule has 0 saturated carbocycles. The molecule has 1 amide bonds. The fourth-order valence-corrected chi connectivity index (χ4v) is 1.73. The number of carbonyl (C=O) groups excluding carboxylic acids is 1. The summed E-state index contributed by atoms with van der Waals surface area (Å²) in [6.45, 7) is 7.09. The van der Waals surface area contributed by atoms with Crippen LogP contribution in [0, 0.1) is 11.8 Å². The van der Waals surface area contributed by atoms with E-state index in [1.165, 1.54) is 0 Å². The van der Waals surface area contributed by atoms with Crippen molar-refractivity contribution < 1.29 is 9.53 Å². The molecule has 12 heavy (non-hydrogen) atoms. The molecule has 0 radical (unpaired) electrons. The Morgan fingerprint density at radius 3 is 2.67 bits per heavy atom. The summed E-state index contributed by atoms with van der Waals surface area (Å²) in [6, 6.07) is 0. The average molecular weight is 171 g/mol. The van der Waals surface area contributed by atoms with Crippen LogP contribution in [0.4, 0.5) is 4.79 Å². The predicted octanol–water partition coefficient (Wildman–Crippen LogP) is 1.73. The summed E-state index contributed by atoms with van der Waals surface area (Å²) in [6.07, 6.45) is -0.0968. The van der Waals surface area contributed by atoms with Crippen molar-refractivity contribution >= 4 is 6.09 Å². The summed E-state index contributed by atoms with van der Waals surface area (Å²) in [5, 5.41) is 0. The topological polar surface area (TPSA) is 29.5 Å². The summed E-state index contributed by atoms with van der Waals surface area (Å²) in [5.74, 6) is 0.852. The van der Waals surface area contributed by atoms with Gasteiger partial charge in [-0.2, -0.15) is 0 Å². The second-order valence-corrected chi connectivity index (χ2v) is 3.95. The van der Waals surface area contributed by atoms with Gasteiger partial charge in [0.2, 0.25) is 0 Å². The molecular weight excluding hydrogens is 154 g/mol. The van der Waals surface area contributed by atoms with E-state index in [-0.39, 0.29) is 12.2 Å². The lowest BCUT2D eigenvalue weighted by molar-refractivity contribution is -0.0209. The Morgan fingerprint density at radius 2 is 2.17 bits per heavy atom. The molecule has 2 unspecified atom stereocenters. The Kier molecular flexibility index (Phi) is 2.60. The molecule has 1 saturated heterocycles. The maximum atomic E-state index is 11.2. The first kappa shape index (κ1) is 9.36. The molecule has 0 aromatic rings. The number of cyclic esters (lactones) is 1. The van der Waals surface area contributed by atoms with Crippen molar-refractivity contribution in [3.8, 4) is 0 Å². The normalized spacial score (nSPS) is 30.8. The smallest absolute Gasteiger partial charge is 0.409 e. The Balaban J connectivity index is 2.61. The third-order valence-electron chi connectivity index (χ3n) is 2.33. The van der Waals surface area contributed by atoms with Crippen LogP contribution in [0.15, 0.2) is 0 Å². The Labute approximate surface area is 73.7 Å². The summed E-state index contributed by atoms with van der Waals surface area (Å²) in [7, 11) is 1.77. The highest BCUT2D eigenvalue weighted by molar-refractivity contribution is 5.68. The van der Waals surface area contributed by atoms with Crippen molar-refractivity contribution in [1.82, 2.24) is 4.90 Å². The first-order chi connectivity index (χ1) is 5.52. The van der Waals surface area contributed by atoms with Gasteiger partial charge in [-0.3, -0.25) is 0 Å². The molecule has 1 heterocycles. The van der Waals surface area contributed by atoms with Crippen molar-refractivity contribution in [2.45, 2.75) is 26.9 Å². The van der Waals surface area contributed by atoms with Gasteiger partial charge < -0.3 is 9.64 Å². The lowest BCUT2D eigenvalue weighted by Crippen LogP contribution is -2.47. The van der Waals surface area contributed by atoms with Crippen LogP contribution in [0.1, 0.15) is 20.8 Å². The van der Waals surface area contributed by atoms with Crippen LogP contribution in [0.5, 0.6) is 0 Å². The van der Waals surface area contributed by atoms with Gasteiger partial charge in [-0.1, -0.05) is 20.8 Å². The average Bonchev–Trinajstić information content (AvgIpc) is 1.96. The van der Waals surface area contributed by atoms with E-state index in [1.807, 2.05) is 0 Å². The first-order valence-corrected chi connectivity index (χ1v) is 4.44. The Morgan fingerprint density at radius 1 is 1.58 bits per heavy atom. The maximum Gasteiger partial charge on any atom is 0.409 e. The first-order valence-electron chi connectivity index (χ1n) is 4.44. The zero-order valence-electron chi connectivity index (χ0n) is 8.20. The molecule has 70 valence electrons. The van der Waals surface area contributed by atoms with Crippen molar-refractivity contribution in [2.75, 3.05) is 13.6 Å². The molecule has 3 nitrogen and oxygen atoms in total. The van der Waals surface area contributed by atoms with Gasteiger partial charge in [0.1, 0.15) is 6.10 Å². The van der Waals surface area contributed by atoms with Crippen LogP contribution in [0.25, 0.3) is 0 Å². The van der Waals surface area contributed by atoms with E-state index < -0.39 is 0 Å². The van der Waals surface area contributed by atoms with Crippen molar-refractivity contribution in [3.63, 3.8) is 0 Å². The second-order valence-electron chi connectivity index (χ2n) is 3.95. The van der Waals surface area contributed by atoms with Crippen LogP contribution in [-0.4, -0.2) is 30.7 Å². The lowest BCUT2D eigenvalue weighted by atomic mass is 9.93. The summed E-state index contributed by atoms with van der Waals surface area (Å²) >= 11 is 0. The highest BCUT2D eigenvalue weighted by atomic mass is 16.6. The predicted molar refractivity (Wildman–Crippen MR) is 46.9 cm³/mol. The van der Waals surface area contributed by atoms with Gasteiger partial charge in [-0.05, 0) is 5.92 Å². The monoisotopic (exact) mass is 171 g/mol. The molecule has 1 fully saturated rings. The Hall–Kier alpha value is -0.730. The van der Waals surface area contributed by atoms with Gasteiger partial charge in [0.25, 0.3) is 0 Å². The number of rotatable bonds is 1. The number of nitrogens with zero attached hydrogens (tertiary/aromatic N) is 1. The van der Waals surface area contributed by atoms with Gasteiger partial charge in [0, 0.05) is 19.5 Å². The quantitative estimate of drug-likeness (QED) is 0.601. The lowest BCUT2D eigenvalue weighted by Gasteiger charge is -2.36. The van der Waals surface area contributed by atoms with Crippen LogP contribution in [0.3, 0.4) is 0 Å². The van der Waals surface area contributed by atoms with E-state index in [0.29, 0.717) is 11.8 Å². The fourth-order valence-electron chi connectivity index (χ4n) is 1.73. The molecule has 0 aliphatic carbocycles. The molecule has 0 bridgehead atoms. The number of hydrogen-bond acceptors (Lipinski definition) is 2. The largest absolute Gasteiger partial charge is 0.445 e. The highest BCUT2D eigenvalue weighted by Gasteiger charge is 2.32. The maximum absolute atomic E-state index is 11.2. The van der Waals surface area contributed by atoms with Crippen LogP contribution >= 0.6 is 0 Å².